The van der Waals surface area contributed by atoms with E-state index in [-0.39, 0.29) is 17.9 Å². The van der Waals surface area contributed by atoms with Crippen molar-refractivity contribution in [2.75, 3.05) is 19.6 Å². The zero-order valence-corrected chi connectivity index (χ0v) is 14.3. The molecule has 0 aromatic carbocycles. The molecule has 2 atom stereocenters. The molecule has 2 bridgehead atoms. The number of aryl methyl sites for hydroxylation is 1. The van der Waals surface area contributed by atoms with Gasteiger partial charge in [0.05, 0.1) is 12.7 Å². The molecule has 0 unspecified atom stereocenters. The summed E-state index contributed by atoms with van der Waals surface area (Å²) in [5.74, 6) is 0.272. The highest BCUT2D eigenvalue weighted by atomic mass is 16.2. The molecule has 10 heteroatoms. The topological polar surface area (TPSA) is 110 Å². The van der Waals surface area contributed by atoms with Crippen LogP contribution >= 0.6 is 0 Å². The first-order valence-corrected chi connectivity index (χ1v) is 8.76. The molecule has 10 nitrogen and oxygen atoms in total. The average Bonchev–Trinajstić information content (AvgIpc) is 3.04. The molecule has 136 valence electrons. The van der Waals surface area contributed by atoms with Crippen molar-refractivity contribution in [3.8, 4) is 0 Å². The van der Waals surface area contributed by atoms with Crippen LogP contribution in [0.5, 0.6) is 0 Å². The van der Waals surface area contributed by atoms with Crippen LogP contribution in [0.3, 0.4) is 0 Å². The number of piperidine rings is 1. The highest BCUT2D eigenvalue weighted by molar-refractivity contribution is 5.92. The Morgan fingerprint density at radius 3 is 2.85 bits per heavy atom. The lowest BCUT2D eigenvalue weighted by Crippen LogP contribution is -2.48. The van der Waals surface area contributed by atoms with E-state index in [1.165, 1.54) is 18.7 Å². The van der Waals surface area contributed by atoms with E-state index in [2.05, 4.69) is 25.5 Å². The largest absolute Gasteiger partial charge is 0.338 e. The normalized spacial score (nSPS) is 22.3. The second-order valence-electron chi connectivity index (χ2n) is 6.77. The minimum atomic E-state index is -0.113. The van der Waals surface area contributed by atoms with Gasteiger partial charge in [-0.05, 0) is 29.2 Å². The Hall–Kier alpha value is -2.91. The zero-order chi connectivity index (χ0) is 17.9. The third-order valence-corrected chi connectivity index (χ3v) is 5.05. The van der Waals surface area contributed by atoms with Gasteiger partial charge in [0.25, 0.3) is 5.91 Å². The van der Waals surface area contributed by atoms with Crippen LogP contribution in [0.15, 0.2) is 24.9 Å². The van der Waals surface area contributed by atoms with E-state index in [1.54, 1.807) is 10.9 Å². The monoisotopic (exact) mass is 356 g/mol. The number of hydrogen-bond acceptors (Lipinski definition) is 7. The van der Waals surface area contributed by atoms with Gasteiger partial charge in [-0.1, -0.05) is 0 Å². The van der Waals surface area contributed by atoms with E-state index in [9.17, 15) is 9.59 Å². The van der Waals surface area contributed by atoms with Gasteiger partial charge in [0.15, 0.2) is 0 Å². The first-order chi connectivity index (χ1) is 12.7. The minimum absolute atomic E-state index is 0.0516. The molecule has 5 rings (SSSR count). The fraction of sp³-hybridized carbons (Fsp3) is 0.562. The van der Waals surface area contributed by atoms with E-state index in [1.807, 2.05) is 9.80 Å². The van der Waals surface area contributed by atoms with Crippen molar-refractivity contribution in [1.82, 2.24) is 40.0 Å². The van der Waals surface area contributed by atoms with Gasteiger partial charge in [-0.2, -0.15) is 0 Å². The molecule has 2 aromatic heterocycles. The van der Waals surface area contributed by atoms with E-state index in [0.29, 0.717) is 44.2 Å². The first-order valence-electron chi connectivity index (χ1n) is 8.76. The van der Waals surface area contributed by atoms with Gasteiger partial charge in [0.1, 0.15) is 12.0 Å². The fourth-order valence-electron chi connectivity index (χ4n) is 3.76. The van der Waals surface area contributed by atoms with Gasteiger partial charge in [-0.25, -0.2) is 9.67 Å². The highest BCUT2D eigenvalue weighted by Crippen LogP contribution is 2.29. The molecule has 0 N–H and O–H groups in total. The van der Waals surface area contributed by atoms with Crippen LogP contribution in [0.1, 0.15) is 29.8 Å². The molecular weight excluding hydrogens is 336 g/mol. The molecule has 26 heavy (non-hydrogen) atoms. The summed E-state index contributed by atoms with van der Waals surface area (Å²) in [6.07, 6.45) is 8.37. The second kappa shape index (κ2) is 7.14. The van der Waals surface area contributed by atoms with Crippen molar-refractivity contribution >= 4 is 11.8 Å². The van der Waals surface area contributed by atoms with Gasteiger partial charge in [-0.3, -0.25) is 14.6 Å². The van der Waals surface area contributed by atoms with Crippen LogP contribution in [0.25, 0.3) is 0 Å². The number of aromatic nitrogens is 6. The van der Waals surface area contributed by atoms with Crippen molar-refractivity contribution in [1.29, 1.82) is 0 Å². The number of nitrogens with zero attached hydrogens (tertiary/aromatic N) is 8. The van der Waals surface area contributed by atoms with Crippen LogP contribution in [-0.2, 0) is 11.3 Å². The number of amides is 2. The van der Waals surface area contributed by atoms with Gasteiger partial charge < -0.3 is 9.80 Å². The molecule has 2 aromatic rings. The smallest absolute Gasteiger partial charge is 0.274 e. The summed E-state index contributed by atoms with van der Waals surface area (Å²) in [5.41, 5.74) is 0.352. The number of fused-ring (bicyclic) bond motifs is 4. The number of hydrogen-bond donors (Lipinski definition) is 0. The Morgan fingerprint density at radius 1 is 1.15 bits per heavy atom. The van der Waals surface area contributed by atoms with Crippen LogP contribution in [-0.4, -0.2) is 77.5 Å². The lowest BCUT2D eigenvalue weighted by atomic mass is 9.94. The lowest BCUT2D eigenvalue weighted by Gasteiger charge is -2.36. The maximum absolute atomic E-state index is 12.7. The average molecular weight is 356 g/mol. The number of carbonyl (C=O) groups is 2. The molecule has 3 fully saturated rings. The Bertz CT molecular complexity index is 766. The predicted molar refractivity (Wildman–Crippen MR) is 88.6 cm³/mol. The van der Waals surface area contributed by atoms with Crippen LogP contribution in [0, 0.1) is 5.92 Å². The molecule has 3 aliphatic heterocycles. The molecule has 5 heterocycles. The Kier molecular flexibility index (Phi) is 4.55. The molecule has 0 saturated carbocycles. The van der Waals surface area contributed by atoms with Gasteiger partial charge in [0, 0.05) is 44.5 Å². The van der Waals surface area contributed by atoms with Crippen LogP contribution < -0.4 is 0 Å². The standard InChI is InChI=1S/C16H20N8O2/c25-15(3-6-23-11-19-20-21-23)24-9-12-1-2-13(24)10-22(8-12)16(26)14-7-17-4-5-18-14/h4-5,7,11-13H,1-3,6,8-10H2/t12-,13+/m1/s1. The Labute approximate surface area is 150 Å². The molecule has 3 aliphatic rings. The van der Waals surface area contributed by atoms with Crippen molar-refractivity contribution in [2.24, 2.45) is 5.92 Å². The summed E-state index contributed by atoms with van der Waals surface area (Å²) in [7, 11) is 0. The van der Waals surface area contributed by atoms with Crippen LogP contribution in [0.2, 0.25) is 0 Å². The van der Waals surface area contributed by atoms with E-state index in [4.69, 9.17) is 0 Å². The molecule has 0 radical (unpaired) electrons. The van der Waals surface area contributed by atoms with Crippen LogP contribution in [0.4, 0.5) is 0 Å². The maximum Gasteiger partial charge on any atom is 0.274 e. The van der Waals surface area contributed by atoms with E-state index in [0.717, 1.165) is 12.8 Å². The summed E-state index contributed by atoms with van der Waals surface area (Å²) in [5, 5.41) is 10.9. The molecule has 2 amide bonds. The third kappa shape index (κ3) is 3.39. The van der Waals surface area contributed by atoms with Gasteiger partial charge in [0.2, 0.25) is 5.91 Å². The summed E-state index contributed by atoms with van der Waals surface area (Å²) < 4.78 is 1.55. The van der Waals surface area contributed by atoms with Crippen molar-refractivity contribution in [2.45, 2.75) is 31.8 Å². The van der Waals surface area contributed by atoms with Crippen molar-refractivity contribution in [3.05, 3.63) is 30.6 Å². The Morgan fingerprint density at radius 2 is 2.08 bits per heavy atom. The molecule has 3 saturated heterocycles. The zero-order valence-electron chi connectivity index (χ0n) is 14.3. The van der Waals surface area contributed by atoms with E-state index < -0.39 is 0 Å². The first kappa shape index (κ1) is 16.6. The van der Waals surface area contributed by atoms with Crippen molar-refractivity contribution < 1.29 is 9.59 Å². The Balaban J connectivity index is 1.43. The molecule has 0 aliphatic carbocycles. The quantitative estimate of drug-likeness (QED) is 0.734. The molecular formula is C16H20N8O2. The summed E-state index contributed by atoms with van der Waals surface area (Å²) in [6.45, 7) is 2.36. The molecule has 0 spiro atoms. The summed E-state index contributed by atoms with van der Waals surface area (Å²) >= 11 is 0. The minimum Gasteiger partial charge on any atom is -0.338 e. The second-order valence-corrected chi connectivity index (χ2v) is 6.77. The lowest BCUT2D eigenvalue weighted by molar-refractivity contribution is -0.135. The van der Waals surface area contributed by atoms with Gasteiger partial charge >= 0.3 is 0 Å². The van der Waals surface area contributed by atoms with Gasteiger partial charge in [-0.15, -0.1) is 5.10 Å². The van der Waals surface area contributed by atoms with E-state index >= 15 is 0 Å². The summed E-state index contributed by atoms with van der Waals surface area (Å²) in [4.78, 5) is 37.3. The maximum atomic E-state index is 12.7. The highest BCUT2D eigenvalue weighted by Gasteiger charge is 2.38. The predicted octanol–water partition coefficient (Wildman–Crippen LogP) is -0.384. The number of tetrazole rings is 1. The number of carbonyl (C=O) groups excluding carboxylic acids is 2. The van der Waals surface area contributed by atoms with Crippen molar-refractivity contribution in [3.63, 3.8) is 0 Å². The summed E-state index contributed by atoms with van der Waals surface area (Å²) in [6, 6.07) is 0.0516. The number of rotatable bonds is 4. The SMILES string of the molecule is O=C(c1cnccn1)N1C[C@H]2CC[C@@H](C1)N(C(=O)CCn1cnnn1)C2. The fourth-order valence-corrected chi connectivity index (χ4v) is 3.76. The third-order valence-electron chi connectivity index (χ3n) is 5.05.